The van der Waals surface area contributed by atoms with Crippen molar-refractivity contribution in [3.05, 3.63) is 10.6 Å². The molecule has 86 valence electrons. The first-order valence-electron chi connectivity index (χ1n) is 5.02. The average Bonchev–Trinajstić information content (AvgIpc) is 2.46. The smallest absolute Gasteiger partial charge is 0.198 e. The van der Waals surface area contributed by atoms with E-state index in [2.05, 4.69) is 16.9 Å². The van der Waals surface area contributed by atoms with Crippen LogP contribution in [-0.2, 0) is 20.3 Å². The summed E-state index contributed by atoms with van der Waals surface area (Å²) in [4.78, 5) is 2.14. The molecule has 0 spiro atoms. The molecule has 5 nitrogen and oxygen atoms in total. The lowest BCUT2D eigenvalue weighted by Crippen LogP contribution is -2.23. The van der Waals surface area contributed by atoms with Gasteiger partial charge in [-0.05, 0) is 32.2 Å². The van der Waals surface area contributed by atoms with Crippen molar-refractivity contribution in [2.75, 3.05) is 13.6 Å². The minimum atomic E-state index is -0.0787. The molecule has 0 amide bonds. The quantitative estimate of drug-likeness (QED) is 0.758. The molecule has 0 unspecified atom stereocenters. The van der Waals surface area contributed by atoms with Gasteiger partial charge in [-0.25, -0.2) is 4.68 Å². The molecule has 0 fully saturated rings. The van der Waals surface area contributed by atoms with Crippen molar-refractivity contribution in [1.29, 1.82) is 0 Å². The molecule has 0 aliphatic rings. The monoisotopic (exact) mass is 230 g/mol. The van der Waals surface area contributed by atoms with Crippen molar-refractivity contribution < 1.29 is 5.11 Å². The summed E-state index contributed by atoms with van der Waals surface area (Å²) in [5.74, 6) is 0.602. The van der Waals surface area contributed by atoms with Crippen LogP contribution in [0.25, 0.3) is 0 Å². The highest BCUT2D eigenvalue weighted by Crippen LogP contribution is 2.00. The van der Waals surface area contributed by atoms with Crippen LogP contribution in [0.3, 0.4) is 0 Å². The Morgan fingerprint density at radius 1 is 1.53 bits per heavy atom. The third-order valence-electron chi connectivity index (χ3n) is 2.25. The number of rotatable bonds is 5. The molecule has 0 saturated carbocycles. The Morgan fingerprint density at radius 3 is 2.67 bits per heavy atom. The van der Waals surface area contributed by atoms with Gasteiger partial charge in [0.05, 0.1) is 6.67 Å². The van der Waals surface area contributed by atoms with Gasteiger partial charge in [-0.3, -0.25) is 4.90 Å². The van der Waals surface area contributed by atoms with E-state index in [-0.39, 0.29) is 6.61 Å². The predicted octanol–water partition coefficient (Wildman–Crippen LogP) is 0.743. The number of hydrogen-bond donors (Lipinski definition) is 1. The Labute approximate surface area is 94.9 Å². The lowest BCUT2D eigenvalue weighted by Gasteiger charge is -2.14. The molecule has 0 atom stereocenters. The van der Waals surface area contributed by atoms with Crippen LogP contribution in [0, 0.1) is 4.77 Å². The van der Waals surface area contributed by atoms with Gasteiger partial charge >= 0.3 is 0 Å². The van der Waals surface area contributed by atoms with Crippen LogP contribution < -0.4 is 0 Å². The van der Waals surface area contributed by atoms with Crippen LogP contribution in [0.5, 0.6) is 0 Å². The minimum absolute atomic E-state index is 0.0787. The molecule has 1 aromatic rings. The zero-order valence-corrected chi connectivity index (χ0v) is 10.3. The number of nitrogens with zero attached hydrogens (tertiary/aromatic N) is 4. The van der Waals surface area contributed by atoms with Gasteiger partial charge in [-0.15, -0.1) is 0 Å². The van der Waals surface area contributed by atoms with E-state index in [1.54, 1.807) is 9.25 Å². The van der Waals surface area contributed by atoms with Crippen LogP contribution in [0.2, 0.25) is 0 Å². The largest absolute Gasteiger partial charge is 0.388 e. The maximum absolute atomic E-state index is 9.04. The highest BCUT2D eigenvalue weighted by molar-refractivity contribution is 7.71. The van der Waals surface area contributed by atoms with Crippen molar-refractivity contribution in [2.45, 2.75) is 26.6 Å². The zero-order valence-electron chi connectivity index (χ0n) is 9.47. The Balaban J connectivity index is 2.82. The summed E-state index contributed by atoms with van der Waals surface area (Å²) in [5.41, 5.74) is 0. The minimum Gasteiger partial charge on any atom is -0.388 e. The Bertz CT molecular complexity index is 371. The van der Waals surface area contributed by atoms with E-state index in [4.69, 9.17) is 17.3 Å². The first kappa shape index (κ1) is 12.4. The predicted molar refractivity (Wildman–Crippen MR) is 60.9 cm³/mol. The summed E-state index contributed by atoms with van der Waals surface area (Å²) in [7, 11) is 3.84. The lowest BCUT2D eigenvalue weighted by atomic mass is 10.4. The van der Waals surface area contributed by atoms with Gasteiger partial charge < -0.3 is 9.67 Å². The van der Waals surface area contributed by atoms with Gasteiger partial charge in [0, 0.05) is 7.05 Å². The van der Waals surface area contributed by atoms with Crippen molar-refractivity contribution in [3.8, 4) is 0 Å². The molecule has 1 heterocycles. The van der Waals surface area contributed by atoms with Crippen molar-refractivity contribution in [2.24, 2.45) is 7.05 Å². The Morgan fingerprint density at radius 2 is 2.20 bits per heavy atom. The lowest BCUT2D eigenvalue weighted by molar-refractivity contribution is 0.245. The molecule has 1 aromatic heterocycles. The summed E-state index contributed by atoms with van der Waals surface area (Å²) in [6, 6.07) is 0. The fraction of sp³-hybridized carbons (Fsp3) is 0.778. The van der Waals surface area contributed by atoms with Crippen LogP contribution in [0.1, 0.15) is 19.2 Å². The summed E-state index contributed by atoms with van der Waals surface area (Å²) in [5, 5.41) is 13.3. The normalized spacial score (nSPS) is 11.3. The number of aliphatic hydroxyl groups excluding tert-OH is 1. The van der Waals surface area contributed by atoms with Gasteiger partial charge in [0.25, 0.3) is 0 Å². The van der Waals surface area contributed by atoms with E-state index in [0.29, 0.717) is 17.3 Å². The third kappa shape index (κ3) is 2.87. The van der Waals surface area contributed by atoms with Crippen LogP contribution in [-0.4, -0.2) is 37.9 Å². The third-order valence-corrected chi connectivity index (χ3v) is 2.74. The standard InChI is InChI=1S/C9H18N4OS/c1-4-5-11(2)7-13-9(15)12(3)8(6-14)10-13/h14H,4-7H2,1-3H3. The van der Waals surface area contributed by atoms with E-state index in [0.717, 1.165) is 13.0 Å². The van der Waals surface area contributed by atoms with Gasteiger partial charge in [-0.2, -0.15) is 5.10 Å². The van der Waals surface area contributed by atoms with Crippen molar-refractivity contribution >= 4 is 12.2 Å². The molecule has 15 heavy (non-hydrogen) atoms. The van der Waals surface area contributed by atoms with Crippen molar-refractivity contribution in [1.82, 2.24) is 19.2 Å². The number of hydrogen-bond acceptors (Lipinski definition) is 4. The zero-order chi connectivity index (χ0) is 11.4. The molecule has 0 aliphatic heterocycles. The summed E-state index contributed by atoms with van der Waals surface area (Å²) >= 11 is 5.21. The highest BCUT2D eigenvalue weighted by Gasteiger charge is 2.07. The van der Waals surface area contributed by atoms with E-state index >= 15 is 0 Å². The Hall–Kier alpha value is -0.720. The molecule has 0 radical (unpaired) electrons. The molecular formula is C9H18N4OS. The molecule has 0 aromatic carbocycles. The number of aromatic nitrogens is 3. The summed E-state index contributed by atoms with van der Waals surface area (Å²) in [6.07, 6.45) is 1.10. The average molecular weight is 230 g/mol. The molecule has 1 N–H and O–H groups in total. The topological polar surface area (TPSA) is 46.2 Å². The fourth-order valence-electron chi connectivity index (χ4n) is 1.44. The molecule has 6 heteroatoms. The molecule has 0 aliphatic carbocycles. The van der Waals surface area contributed by atoms with Gasteiger partial charge in [0.15, 0.2) is 10.6 Å². The van der Waals surface area contributed by atoms with E-state index in [1.807, 2.05) is 14.1 Å². The second-order valence-electron chi connectivity index (χ2n) is 3.64. The SMILES string of the molecule is CCCN(C)Cn1nc(CO)n(C)c1=S. The highest BCUT2D eigenvalue weighted by atomic mass is 32.1. The number of aliphatic hydroxyl groups is 1. The summed E-state index contributed by atoms with van der Waals surface area (Å²) < 4.78 is 4.10. The van der Waals surface area contributed by atoms with E-state index in [1.165, 1.54) is 0 Å². The second kappa shape index (κ2) is 5.39. The summed E-state index contributed by atoms with van der Waals surface area (Å²) in [6.45, 7) is 3.73. The first-order valence-corrected chi connectivity index (χ1v) is 5.43. The van der Waals surface area contributed by atoms with Crippen LogP contribution in [0.4, 0.5) is 0 Å². The van der Waals surface area contributed by atoms with Gasteiger partial charge in [0.2, 0.25) is 0 Å². The first-order chi connectivity index (χ1) is 7.10. The Kier molecular flexibility index (Phi) is 4.44. The van der Waals surface area contributed by atoms with Gasteiger partial charge in [0.1, 0.15) is 6.61 Å². The van der Waals surface area contributed by atoms with Crippen molar-refractivity contribution in [3.63, 3.8) is 0 Å². The fourth-order valence-corrected chi connectivity index (χ4v) is 1.65. The molecular weight excluding hydrogens is 212 g/mol. The van der Waals surface area contributed by atoms with Crippen LogP contribution >= 0.6 is 12.2 Å². The maximum atomic E-state index is 9.04. The maximum Gasteiger partial charge on any atom is 0.198 e. The van der Waals surface area contributed by atoms with Gasteiger partial charge in [-0.1, -0.05) is 6.92 Å². The van der Waals surface area contributed by atoms with E-state index < -0.39 is 0 Å². The molecule has 0 bridgehead atoms. The second-order valence-corrected chi connectivity index (χ2v) is 4.00. The molecule has 1 rings (SSSR count). The van der Waals surface area contributed by atoms with E-state index in [9.17, 15) is 0 Å². The van der Waals surface area contributed by atoms with Crippen LogP contribution in [0.15, 0.2) is 0 Å². The molecule has 0 saturated heterocycles.